The van der Waals surface area contributed by atoms with Crippen LogP contribution in [0.1, 0.15) is 58.7 Å². The molecule has 4 heteroatoms. The van der Waals surface area contributed by atoms with Gasteiger partial charge in [-0.3, -0.25) is 0 Å². The van der Waals surface area contributed by atoms with Crippen molar-refractivity contribution >= 4 is 6.09 Å². The monoisotopic (exact) mass is 292 g/mol. The zero-order valence-corrected chi connectivity index (χ0v) is 14.0. The lowest BCUT2D eigenvalue weighted by Gasteiger charge is -2.22. The summed E-state index contributed by atoms with van der Waals surface area (Å²) >= 11 is 0. The van der Waals surface area contributed by atoms with Crippen molar-refractivity contribution in [2.75, 3.05) is 6.54 Å². The van der Waals surface area contributed by atoms with Gasteiger partial charge in [0, 0.05) is 12.6 Å². The Morgan fingerprint density at radius 1 is 1.14 bits per heavy atom. The van der Waals surface area contributed by atoms with Crippen LogP contribution in [0.15, 0.2) is 24.3 Å². The quantitative estimate of drug-likeness (QED) is 0.896. The summed E-state index contributed by atoms with van der Waals surface area (Å²) in [5, 5.41) is 2.70. The minimum absolute atomic E-state index is 0.122. The molecule has 1 aromatic carbocycles. The summed E-state index contributed by atoms with van der Waals surface area (Å²) in [4.78, 5) is 11.6. The second-order valence-electron chi connectivity index (χ2n) is 7.36. The van der Waals surface area contributed by atoms with Gasteiger partial charge in [-0.05, 0) is 37.3 Å². The molecule has 0 heterocycles. The van der Waals surface area contributed by atoms with Crippen molar-refractivity contribution in [3.63, 3.8) is 0 Å². The van der Waals surface area contributed by atoms with Gasteiger partial charge in [0.15, 0.2) is 0 Å². The van der Waals surface area contributed by atoms with E-state index >= 15 is 0 Å². The van der Waals surface area contributed by atoms with Crippen molar-refractivity contribution in [3.8, 4) is 0 Å². The average Bonchev–Trinajstić information content (AvgIpc) is 2.33. The zero-order valence-electron chi connectivity index (χ0n) is 14.0. The largest absolute Gasteiger partial charge is 0.444 e. The Labute approximate surface area is 128 Å². The van der Waals surface area contributed by atoms with E-state index in [9.17, 15) is 4.79 Å². The summed E-state index contributed by atoms with van der Waals surface area (Å²) in [7, 11) is 0. The highest BCUT2D eigenvalue weighted by atomic mass is 16.6. The molecule has 0 aliphatic rings. The normalized spacial score (nSPS) is 13.7. The molecule has 1 unspecified atom stereocenters. The molecule has 1 rings (SSSR count). The van der Waals surface area contributed by atoms with Crippen LogP contribution in [-0.2, 0) is 10.2 Å². The summed E-state index contributed by atoms with van der Waals surface area (Å²) in [6, 6.07) is 7.96. The number of hydrogen-bond donors (Lipinski definition) is 2. The number of alkyl carbamates (subject to hydrolysis) is 1. The van der Waals surface area contributed by atoms with Crippen molar-refractivity contribution < 1.29 is 9.53 Å². The van der Waals surface area contributed by atoms with Crippen LogP contribution in [-0.4, -0.2) is 18.2 Å². The van der Waals surface area contributed by atoms with E-state index in [0.717, 1.165) is 5.56 Å². The first-order chi connectivity index (χ1) is 9.49. The number of hydrogen-bond acceptors (Lipinski definition) is 3. The van der Waals surface area contributed by atoms with E-state index in [1.165, 1.54) is 5.56 Å². The number of ether oxygens (including phenoxy) is 1. The second kappa shape index (κ2) is 6.48. The fourth-order valence-electron chi connectivity index (χ4n) is 1.86. The Bertz CT molecular complexity index is 467. The Hall–Kier alpha value is -1.55. The number of benzene rings is 1. The molecule has 21 heavy (non-hydrogen) atoms. The predicted octanol–water partition coefficient (Wildman–Crippen LogP) is 3.51. The Kier molecular flexibility index (Phi) is 5.40. The van der Waals surface area contributed by atoms with Gasteiger partial charge in [-0.2, -0.15) is 0 Å². The standard InChI is InChI=1S/C17H28N2O2/c1-16(2,3)13-9-7-12(8-10-13)14(18)11-19-15(20)21-17(4,5)6/h7-10,14H,11,18H2,1-6H3,(H,19,20). The van der Waals surface area contributed by atoms with E-state index in [1.54, 1.807) is 0 Å². The molecular weight excluding hydrogens is 264 g/mol. The fraction of sp³-hybridized carbons (Fsp3) is 0.588. The lowest BCUT2D eigenvalue weighted by atomic mass is 9.86. The topological polar surface area (TPSA) is 64.3 Å². The Morgan fingerprint density at radius 2 is 1.67 bits per heavy atom. The van der Waals surface area contributed by atoms with Crippen LogP contribution in [0.4, 0.5) is 4.79 Å². The van der Waals surface area contributed by atoms with E-state index in [4.69, 9.17) is 10.5 Å². The molecule has 3 N–H and O–H groups in total. The Balaban J connectivity index is 2.56. The molecular formula is C17H28N2O2. The minimum Gasteiger partial charge on any atom is -0.444 e. The predicted molar refractivity (Wildman–Crippen MR) is 86.3 cm³/mol. The molecule has 4 nitrogen and oxygen atoms in total. The second-order valence-corrected chi connectivity index (χ2v) is 7.36. The number of nitrogens with one attached hydrogen (secondary N) is 1. The van der Waals surface area contributed by atoms with Gasteiger partial charge in [-0.15, -0.1) is 0 Å². The van der Waals surface area contributed by atoms with Crippen LogP contribution in [0.2, 0.25) is 0 Å². The molecule has 0 aromatic heterocycles. The molecule has 1 atom stereocenters. The van der Waals surface area contributed by atoms with Gasteiger partial charge >= 0.3 is 6.09 Å². The molecule has 0 aliphatic carbocycles. The first-order valence-electron chi connectivity index (χ1n) is 7.32. The number of rotatable bonds is 3. The third-order valence-corrected chi connectivity index (χ3v) is 3.07. The SMILES string of the molecule is CC(C)(C)OC(=O)NCC(N)c1ccc(C(C)(C)C)cc1. The highest BCUT2D eigenvalue weighted by Gasteiger charge is 2.17. The van der Waals surface area contributed by atoms with Crippen LogP contribution in [0, 0.1) is 0 Å². The molecule has 0 bridgehead atoms. The van der Waals surface area contributed by atoms with Crippen LogP contribution in [0.3, 0.4) is 0 Å². The Morgan fingerprint density at radius 3 is 2.10 bits per heavy atom. The number of carbonyl (C=O) groups excluding carboxylic acids is 1. The van der Waals surface area contributed by atoms with Gasteiger partial charge in [-0.25, -0.2) is 4.79 Å². The van der Waals surface area contributed by atoms with Crippen molar-refractivity contribution in [1.29, 1.82) is 0 Å². The van der Waals surface area contributed by atoms with E-state index in [-0.39, 0.29) is 11.5 Å². The van der Waals surface area contributed by atoms with Gasteiger partial charge < -0.3 is 15.8 Å². The molecule has 0 fully saturated rings. The van der Waals surface area contributed by atoms with E-state index in [2.05, 4.69) is 38.2 Å². The third-order valence-electron chi connectivity index (χ3n) is 3.07. The van der Waals surface area contributed by atoms with Crippen molar-refractivity contribution in [1.82, 2.24) is 5.32 Å². The first kappa shape index (κ1) is 17.5. The van der Waals surface area contributed by atoms with Gasteiger partial charge in [-0.1, -0.05) is 45.0 Å². The molecule has 0 radical (unpaired) electrons. The highest BCUT2D eigenvalue weighted by Crippen LogP contribution is 2.23. The lowest BCUT2D eigenvalue weighted by Crippen LogP contribution is -2.36. The number of amides is 1. The van der Waals surface area contributed by atoms with Gasteiger partial charge in [0.05, 0.1) is 0 Å². The number of carbonyl (C=O) groups is 1. The average molecular weight is 292 g/mol. The highest BCUT2D eigenvalue weighted by molar-refractivity contribution is 5.67. The van der Waals surface area contributed by atoms with Gasteiger partial charge in [0.2, 0.25) is 0 Å². The summed E-state index contributed by atoms with van der Waals surface area (Å²) in [5.41, 5.74) is 7.98. The molecule has 0 spiro atoms. The first-order valence-corrected chi connectivity index (χ1v) is 7.32. The minimum atomic E-state index is -0.497. The smallest absolute Gasteiger partial charge is 0.407 e. The molecule has 1 aromatic rings. The zero-order chi connectivity index (χ0) is 16.3. The van der Waals surface area contributed by atoms with Crippen LogP contribution in [0.5, 0.6) is 0 Å². The van der Waals surface area contributed by atoms with Crippen LogP contribution in [0.25, 0.3) is 0 Å². The number of nitrogens with two attached hydrogens (primary N) is 1. The van der Waals surface area contributed by atoms with Crippen molar-refractivity contribution in [2.45, 2.75) is 58.6 Å². The third kappa shape index (κ3) is 6.17. The summed E-state index contributed by atoms with van der Waals surface area (Å²) < 4.78 is 5.18. The maximum atomic E-state index is 11.6. The summed E-state index contributed by atoms with van der Waals surface area (Å²) in [6.07, 6.45) is -0.440. The fourth-order valence-corrected chi connectivity index (χ4v) is 1.86. The van der Waals surface area contributed by atoms with Gasteiger partial charge in [0.25, 0.3) is 0 Å². The molecule has 0 aliphatic heterocycles. The molecule has 0 saturated heterocycles. The molecule has 0 saturated carbocycles. The van der Waals surface area contributed by atoms with Crippen LogP contribution >= 0.6 is 0 Å². The lowest BCUT2D eigenvalue weighted by molar-refractivity contribution is 0.0524. The molecule has 118 valence electrons. The summed E-state index contributed by atoms with van der Waals surface area (Å²) in [6.45, 7) is 12.4. The van der Waals surface area contributed by atoms with Crippen LogP contribution < -0.4 is 11.1 Å². The maximum Gasteiger partial charge on any atom is 0.407 e. The van der Waals surface area contributed by atoms with E-state index in [1.807, 2.05) is 32.9 Å². The van der Waals surface area contributed by atoms with Crippen molar-refractivity contribution in [2.24, 2.45) is 5.73 Å². The molecule has 1 amide bonds. The maximum absolute atomic E-state index is 11.6. The van der Waals surface area contributed by atoms with E-state index in [0.29, 0.717) is 6.54 Å². The van der Waals surface area contributed by atoms with Gasteiger partial charge in [0.1, 0.15) is 5.60 Å². The van der Waals surface area contributed by atoms with Crippen molar-refractivity contribution in [3.05, 3.63) is 35.4 Å². The van der Waals surface area contributed by atoms with E-state index < -0.39 is 11.7 Å². The summed E-state index contributed by atoms with van der Waals surface area (Å²) in [5.74, 6) is 0.